The lowest BCUT2D eigenvalue weighted by Gasteiger charge is -2.17. The highest BCUT2D eigenvalue weighted by Gasteiger charge is 2.31. The van der Waals surface area contributed by atoms with E-state index in [1.807, 2.05) is 0 Å². The zero-order valence-electron chi connectivity index (χ0n) is 9.86. The van der Waals surface area contributed by atoms with Crippen LogP contribution in [0.2, 0.25) is 5.02 Å². The Kier molecular flexibility index (Phi) is 4.16. The zero-order chi connectivity index (χ0) is 14.4. The molecule has 1 aliphatic rings. The van der Waals surface area contributed by atoms with Crippen LogP contribution in [-0.4, -0.2) is 32.3 Å². The molecule has 0 aliphatic heterocycles. The van der Waals surface area contributed by atoms with Gasteiger partial charge in [0.2, 0.25) is 0 Å². The molecular weight excluding hydrogens is 377 g/mol. The summed E-state index contributed by atoms with van der Waals surface area (Å²) >= 11 is 8.99. The fraction of sp³-hybridized carbons (Fsp3) is 0.364. The largest absolute Gasteiger partial charge is 0.339 e. The first-order chi connectivity index (χ1) is 8.71. The van der Waals surface area contributed by atoms with Gasteiger partial charge in [-0.2, -0.15) is 0 Å². The van der Waals surface area contributed by atoms with Gasteiger partial charge in [-0.15, -0.1) is 0 Å². The van der Waals surface area contributed by atoms with Gasteiger partial charge < -0.3 is 4.90 Å². The highest BCUT2D eigenvalue weighted by Crippen LogP contribution is 2.34. The van der Waals surface area contributed by atoms with Gasteiger partial charge in [0, 0.05) is 29.3 Å². The molecule has 0 radical (unpaired) electrons. The fourth-order valence-corrected chi connectivity index (χ4v) is 4.08. The minimum Gasteiger partial charge on any atom is -0.339 e. The number of hydrogen-bond acceptors (Lipinski definition) is 3. The summed E-state index contributed by atoms with van der Waals surface area (Å²) in [6.07, 6.45) is 1.93. The van der Waals surface area contributed by atoms with E-state index < -0.39 is 9.05 Å². The maximum absolute atomic E-state index is 12.2. The number of hydrogen-bond donors (Lipinski definition) is 0. The van der Waals surface area contributed by atoms with Gasteiger partial charge in [0.1, 0.15) is 0 Å². The van der Waals surface area contributed by atoms with Crippen LogP contribution in [0.1, 0.15) is 23.2 Å². The number of carbonyl (C=O) groups excluding carboxylic acids is 1. The van der Waals surface area contributed by atoms with Gasteiger partial charge in [-0.25, -0.2) is 8.42 Å². The van der Waals surface area contributed by atoms with Crippen molar-refractivity contribution < 1.29 is 13.2 Å². The van der Waals surface area contributed by atoms with E-state index in [2.05, 4.69) is 15.9 Å². The second-order valence-electron chi connectivity index (χ2n) is 4.36. The number of benzene rings is 1. The molecule has 1 amide bonds. The Morgan fingerprint density at radius 2 is 2.00 bits per heavy atom. The molecule has 2 rings (SSSR count). The van der Waals surface area contributed by atoms with Crippen LogP contribution in [0.5, 0.6) is 0 Å². The first kappa shape index (κ1) is 15.1. The van der Waals surface area contributed by atoms with Gasteiger partial charge in [-0.05, 0) is 40.9 Å². The van der Waals surface area contributed by atoms with Gasteiger partial charge in [0.05, 0.1) is 14.4 Å². The van der Waals surface area contributed by atoms with Gasteiger partial charge in [0.15, 0.2) is 0 Å². The van der Waals surface area contributed by atoms with Crippen molar-refractivity contribution in [2.45, 2.75) is 23.8 Å². The molecule has 0 saturated heterocycles. The Balaban J connectivity index is 2.47. The summed E-state index contributed by atoms with van der Waals surface area (Å²) in [5.41, 5.74) is 0.210. The van der Waals surface area contributed by atoms with Crippen LogP contribution < -0.4 is 0 Å². The lowest BCUT2D eigenvalue weighted by molar-refractivity contribution is 0.0785. The molecule has 1 aromatic carbocycles. The SMILES string of the molecule is CN(C(=O)c1cc(Cl)c(Br)c(S(=O)(=O)Cl)c1)C1CC1. The van der Waals surface area contributed by atoms with Crippen LogP contribution in [0.3, 0.4) is 0 Å². The Hall–Kier alpha value is -0.300. The standard InChI is InChI=1S/C11H10BrCl2NO3S/c1-15(7-2-3-7)11(16)6-4-8(13)10(12)9(5-6)19(14,17)18/h4-5,7H,2-3H2,1H3. The number of halogens is 3. The third kappa shape index (κ3) is 3.24. The van der Waals surface area contributed by atoms with Crippen LogP contribution in [0.4, 0.5) is 0 Å². The first-order valence-electron chi connectivity index (χ1n) is 5.42. The molecule has 0 spiro atoms. The fourth-order valence-electron chi connectivity index (χ4n) is 1.70. The quantitative estimate of drug-likeness (QED) is 0.749. The van der Waals surface area contributed by atoms with Crippen molar-refractivity contribution in [3.8, 4) is 0 Å². The molecular formula is C11H10BrCl2NO3S. The van der Waals surface area contributed by atoms with Crippen molar-refractivity contribution in [1.82, 2.24) is 4.90 Å². The lowest BCUT2D eigenvalue weighted by atomic mass is 10.2. The van der Waals surface area contributed by atoms with E-state index in [1.165, 1.54) is 12.1 Å². The molecule has 1 saturated carbocycles. The first-order valence-corrected chi connectivity index (χ1v) is 8.90. The summed E-state index contributed by atoms with van der Waals surface area (Å²) in [5, 5.41) is 0.134. The molecule has 0 N–H and O–H groups in total. The highest BCUT2D eigenvalue weighted by atomic mass is 79.9. The molecule has 0 unspecified atom stereocenters. The number of amides is 1. The third-order valence-corrected chi connectivity index (χ3v) is 5.91. The van der Waals surface area contributed by atoms with Crippen LogP contribution >= 0.6 is 38.2 Å². The van der Waals surface area contributed by atoms with E-state index >= 15 is 0 Å². The Labute approximate surface area is 129 Å². The average Bonchev–Trinajstić information content (AvgIpc) is 3.13. The lowest BCUT2D eigenvalue weighted by Crippen LogP contribution is -2.28. The van der Waals surface area contributed by atoms with Crippen LogP contribution in [0, 0.1) is 0 Å². The van der Waals surface area contributed by atoms with Gasteiger partial charge in [-0.3, -0.25) is 4.79 Å². The molecule has 104 valence electrons. The zero-order valence-corrected chi connectivity index (χ0v) is 13.8. The minimum atomic E-state index is -3.97. The number of rotatable bonds is 3. The number of nitrogens with zero attached hydrogens (tertiary/aromatic N) is 1. The van der Waals surface area contributed by atoms with E-state index in [4.69, 9.17) is 22.3 Å². The summed E-state index contributed by atoms with van der Waals surface area (Å²) in [6.45, 7) is 0. The monoisotopic (exact) mass is 385 g/mol. The van der Waals surface area contributed by atoms with E-state index in [1.54, 1.807) is 11.9 Å². The van der Waals surface area contributed by atoms with Crippen molar-refractivity contribution in [2.24, 2.45) is 0 Å². The molecule has 0 heterocycles. The minimum absolute atomic E-state index is 0.134. The second kappa shape index (κ2) is 5.24. The van der Waals surface area contributed by atoms with Crippen LogP contribution in [-0.2, 0) is 9.05 Å². The summed E-state index contributed by atoms with van der Waals surface area (Å²) < 4.78 is 23.1. The van der Waals surface area contributed by atoms with Crippen LogP contribution in [0.15, 0.2) is 21.5 Å². The Morgan fingerprint density at radius 1 is 1.42 bits per heavy atom. The second-order valence-corrected chi connectivity index (χ2v) is 8.09. The van der Waals surface area contributed by atoms with E-state index in [0.717, 1.165) is 12.8 Å². The van der Waals surface area contributed by atoms with Crippen molar-refractivity contribution in [3.63, 3.8) is 0 Å². The Morgan fingerprint density at radius 3 is 2.47 bits per heavy atom. The summed E-state index contributed by atoms with van der Waals surface area (Å²) in [6, 6.07) is 2.89. The molecule has 1 fully saturated rings. The smallest absolute Gasteiger partial charge is 0.262 e. The van der Waals surface area contributed by atoms with Gasteiger partial charge in [0.25, 0.3) is 15.0 Å². The molecule has 0 atom stereocenters. The summed E-state index contributed by atoms with van der Waals surface area (Å²) in [4.78, 5) is 13.6. The molecule has 0 aromatic heterocycles. The van der Waals surface area contributed by atoms with Crippen molar-refractivity contribution in [3.05, 3.63) is 27.2 Å². The topological polar surface area (TPSA) is 54.5 Å². The van der Waals surface area contributed by atoms with Crippen molar-refractivity contribution >= 4 is 53.2 Å². The molecule has 1 aliphatic carbocycles. The van der Waals surface area contributed by atoms with E-state index in [0.29, 0.717) is 0 Å². The van der Waals surface area contributed by atoms with Crippen LogP contribution in [0.25, 0.3) is 0 Å². The molecule has 1 aromatic rings. The van der Waals surface area contributed by atoms with Crippen molar-refractivity contribution in [2.75, 3.05) is 7.05 Å². The highest BCUT2D eigenvalue weighted by molar-refractivity contribution is 9.10. The van der Waals surface area contributed by atoms with Gasteiger partial charge >= 0.3 is 0 Å². The molecule has 19 heavy (non-hydrogen) atoms. The number of carbonyl (C=O) groups is 1. The maximum Gasteiger partial charge on any atom is 0.262 e. The predicted octanol–water partition coefficient (Wildman–Crippen LogP) is 3.26. The van der Waals surface area contributed by atoms with E-state index in [-0.39, 0.29) is 31.9 Å². The third-order valence-electron chi connectivity index (χ3n) is 2.92. The molecule has 4 nitrogen and oxygen atoms in total. The van der Waals surface area contributed by atoms with Gasteiger partial charge in [-0.1, -0.05) is 11.6 Å². The van der Waals surface area contributed by atoms with E-state index in [9.17, 15) is 13.2 Å². The maximum atomic E-state index is 12.2. The summed E-state index contributed by atoms with van der Waals surface area (Å²) in [7, 11) is 3.04. The molecule has 0 bridgehead atoms. The summed E-state index contributed by atoms with van der Waals surface area (Å²) in [5.74, 6) is -0.265. The average molecular weight is 387 g/mol. The normalized spacial score (nSPS) is 15.4. The Bertz CT molecular complexity index is 644. The van der Waals surface area contributed by atoms with Crippen molar-refractivity contribution in [1.29, 1.82) is 0 Å². The molecule has 8 heteroatoms. The predicted molar refractivity (Wildman–Crippen MR) is 77.3 cm³/mol.